The Labute approximate surface area is 156 Å². The summed E-state index contributed by atoms with van der Waals surface area (Å²) in [5.41, 5.74) is 6.09. The minimum absolute atomic E-state index is 0.705. The molecule has 2 aromatic carbocycles. The van der Waals surface area contributed by atoms with Gasteiger partial charge in [0.2, 0.25) is 5.88 Å². The van der Waals surface area contributed by atoms with Crippen LogP contribution in [0.25, 0.3) is 0 Å². The molecule has 3 aromatic rings. The van der Waals surface area contributed by atoms with E-state index >= 15 is 0 Å². The Morgan fingerprint density at radius 1 is 0.962 bits per heavy atom. The average Bonchev–Trinajstić information content (AvgIpc) is 3.04. The number of anilines is 3. The van der Waals surface area contributed by atoms with Crippen molar-refractivity contribution in [1.29, 1.82) is 0 Å². The van der Waals surface area contributed by atoms with Gasteiger partial charge in [-0.3, -0.25) is 4.90 Å². The quantitative estimate of drug-likeness (QED) is 0.433. The highest BCUT2D eigenvalue weighted by atomic mass is 32.2. The molecule has 0 fully saturated rings. The predicted octanol–water partition coefficient (Wildman–Crippen LogP) is 5.73. The van der Waals surface area contributed by atoms with Gasteiger partial charge in [0.25, 0.3) is 0 Å². The Kier molecular flexibility index (Phi) is 3.57. The van der Waals surface area contributed by atoms with Gasteiger partial charge < -0.3 is 4.42 Å². The Balaban J connectivity index is 1.80. The molecule has 0 saturated carbocycles. The summed E-state index contributed by atoms with van der Waals surface area (Å²) in [7, 11) is -1.21. The Hall–Kier alpha value is -2.33. The first kappa shape index (κ1) is 15.9. The fourth-order valence-corrected chi connectivity index (χ4v) is 5.60. The van der Waals surface area contributed by atoms with Crippen LogP contribution in [0.4, 0.5) is 17.3 Å². The number of benzene rings is 2. The van der Waals surface area contributed by atoms with Gasteiger partial charge in [0, 0.05) is 0 Å². The number of furan rings is 1. The van der Waals surface area contributed by atoms with E-state index in [2.05, 4.69) is 35.2 Å². The third kappa shape index (κ3) is 2.28. The standard InChI is InChI=1S/C22H21NO2S/c1-14-10-11-19-20(12-14)26(24)21-13-15(2)25-22(21)23(19)18-9-5-7-16-6-3-4-8-17(16)18/h5,7,9-13H,3-4,6,8H2,1-2H3. The molecule has 0 bridgehead atoms. The number of rotatable bonds is 1. The molecule has 2 heterocycles. The molecule has 1 aliphatic carbocycles. The summed E-state index contributed by atoms with van der Waals surface area (Å²) >= 11 is 0. The number of hydrogen-bond donors (Lipinski definition) is 0. The molecule has 1 unspecified atom stereocenters. The molecule has 1 aromatic heterocycles. The van der Waals surface area contributed by atoms with E-state index in [0.717, 1.165) is 39.6 Å². The van der Waals surface area contributed by atoms with Gasteiger partial charge in [-0.25, -0.2) is 4.21 Å². The molecular formula is C22H21NO2S. The molecule has 0 spiro atoms. The van der Waals surface area contributed by atoms with Crippen LogP contribution < -0.4 is 4.90 Å². The third-order valence-electron chi connectivity index (χ3n) is 5.37. The highest BCUT2D eigenvalue weighted by Gasteiger charge is 2.34. The monoisotopic (exact) mass is 363 g/mol. The molecule has 0 saturated heterocycles. The second-order valence-corrected chi connectivity index (χ2v) is 8.64. The van der Waals surface area contributed by atoms with Crippen LogP contribution in [-0.4, -0.2) is 4.21 Å². The van der Waals surface area contributed by atoms with E-state index in [9.17, 15) is 4.21 Å². The second kappa shape index (κ2) is 5.85. The molecule has 26 heavy (non-hydrogen) atoms. The molecule has 3 nitrogen and oxygen atoms in total. The molecule has 0 amide bonds. The summed E-state index contributed by atoms with van der Waals surface area (Å²) in [6.45, 7) is 3.96. The van der Waals surface area contributed by atoms with Crippen LogP contribution in [0.15, 0.2) is 56.7 Å². The average molecular weight is 363 g/mol. The first-order chi connectivity index (χ1) is 12.6. The maximum Gasteiger partial charge on any atom is 0.221 e. The molecule has 1 atom stereocenters. The van der Waals surface area contributed by atoms with Gasteiger partial charge >= 0.3 is 0 Å². The zero-order valence-corrected chi connectivity index (χ0v) is 15.9. The van der Waals surface area contributed by atoms with Gasteiger partial charge in [-0.15, -0.1) is 0 Å². The van der Waals surface area contributed by atoms with Crippen LogP contribution in [0, 0.1) is 13.8 Å². The maximum absolute atomic E-state index is 13.2. The van der Waals surface area contributed by atoms with Gasteiger partial charge in [-0.05, 0) is 80.5 Å². The number of nitrogens with zero attached hydrogens (tertiary/aromatic N) is 1. The van der Waals surface area contributed by atoms with Crippen molar-refractivity contribution >= 4 is 28.1 Å². The molecular weight excluding hydrogens is 342 g/mol. The lowest BCUT2D eigenvalue weighted by Gasteiger charge is -2.32. The number of aryl methyl sites for hydroxylation is 3. The van der Waals surface area contributed by atoms with E-state index in [1.54, 1.807) is 0 Å². The van der Waals surface area contributed by atoms with Crippen LogP contribution in [-0.2, 0) is 23.6 Å². The van der Waals surface area contributed by atoms with Gasteiger partial charge in [0.05, 0.1) is 27.1 Å². The minimum Gasteiger partial charge on any atom is -0.444 e. The Bertz CT molecular complexity index is 1050. The van der Waals surface area contributed by atoms with E-state index in [0.29, 0.717) is 5.88 Å². The topological polar surface area (TPSA) is 33.5 Å². The molecule has 4 heteroatoms. The van der Waals surface area contributed by atoms with Crippen molar-refractivity contribution in [2.75, 3.05) is 4.90 Å². The van der Waals surface area contributed by atoms with Gasteiger partial charge in [-0.2, -0.15) is 0 Å². The largest absolute Gasteiger partial charge is 0.444 e. The van der Waals surface area contributed by atoms with E-state index in [4.69, 9.17) is 4.42 Å². The van der Waals surface area contributed by atoms with Crippen LogP contribution in [0.2, 0.25) is 0 Å². The van der Waals surface area contributed by atoms with Crippen molar-refractivity contribution in [2.45, 2.75) is 49.3 Å². The van der Waals surface area contributed by atoms with Crippen LogP contribution >= 0.6 is 0 Å². The summed E-state index contributed by atoms with van der Waals surface area (Å²) in [5, 5.41) is 0. The van der Waals surface area contributed by atoms with Crippen molar-refractivity contribution in [3.8, 4) is 0 Å². The van der Waals surface area contributed by atoms with E-state index in [-0.39, 0.29) is 0 Å². The molecule has 0 N–H and O–H groups in total. The summed E-state index contributed by atoms with van der Waals surface area (Å²) in [5.74, 6) is 1.50. The smallest absolute Gasteiger partial charge is 0.221 e. The lowest BCUT2D eigenvalue weighted by molar-refractivity contribution is 0.535. The zero-order chi connectivity index (χ0) is 17.8. The lowest BCUT2D eigenvalue weighted by atomic mass is 9.90. The molecule has 1 aliphatic heterocycles. The summed E-state index contributed by atoms with van der Waals surface area (Å²) in [4.78, 5) is 3.82. The van der Waals surface area contributed by atoms with Crippen LogP contribution in [0.5, 0.6) is 0 Å². The predicted molar refractivity (Wildman–Crippen MR) is 104 cm³/mol. The summed E-state index contributed by atoms with van der Waals surface area (Å²) < 4.78 is 19.2. The fourth-order valence-electron chi connectivity index (χ4n) is 4.16. The highest BCUT2D eigenvalue weighted by Crippen LogP contribution is 2.49. The van der Waals surface area contributed by atoms with Gasteiger partial charge in [0.1, 0.15) is 10.7 Å². The zero-order valence-electron chi connectivity index (χ0n) is 15.0. The Morgan fingerprint density at radius 2 is 1.81 bits per heavy atom. The number of fused-ring (bicyclic) bond motifs is 3. The van der Waals surface area contributed by atoms with E-state index < -0.39 is 10.8 Å². The number of hydrogen-bond acceptors (Lipinski definition) is 3. The molecule has 0 radical (unpaired) electrons. The van der Waals surface area contributed by atoms with Crippen molar-refractivity contribution < 1.29 is 8.63 Å². The van der Waals surface area contributed by atoms with Crippen LogP contribution in [0.1, 0.15) is 35.3 Å². The van der Waals surface area contributed by atoms with Crippen molar-refractivity contribution in [3.05, 3.63) is 64.9 Å². The fraction of sp³-hybridized carbons (Fsp3) is 0.273. The summed E-state index contributed by atoms with van der Waals surface area (Å²) in [6, 6.07) is 14.7. The van der Waals surface area contributed by atoms with Crippen LogP contribution in [0.3, 0.4) is 0 Å². The van der Waals surface area contributed by atoms with Gasteiger partial charge in [0.15, 0.2) is 0 Å². The van der Waals surface area contributed by atoms with Crippen molar-refractivity contribution in [3.63, 3.8) is 0 Å². The third-order valence-corrected chi connectivity index (χ3v) is 6.79. The van der Waals surface area contributed by atoms with E-state index in [1.165, 1.54) is 29.7 Å². The summed E-state index contributed by atoms with van der Waals surface area (Å²) in [6.07, 6.45) is 4.69. The SMILES string of the molecule is Cc1ccc2c(c1)S(=O)c1cc(C)oc1N2c1cccc2c1CCCC2. The van der Waals surface area contributed by atoms with Gasteiger partial charge in [-0.1, -0.05) is 18.2 Å². The van der Waals surface area contributed by atoms with Crippen molar-refractivity contribution in [2.24, 2.45) is 0 Å². The minimum atomic E-state index is -1.21. The van der Waals surface area contributed by atoms with E-state index in [1.807, 2.05) is 26.0 Å². The highest BCUT2D eigenvalue weighted by molar-refractivity contribution is 7.85. The molecule has 2 aliphatic rings. The normalized spacial score (nSPS) is 18.2. The molecule has 132 valence electrons. The second-order valence-electron chi connectivity index (χ2n) is 7.22. The van der Waals surface area contributed by atoms with Crippen molar-refractivity contribution in [1.82, 2.24) is 0 Å². The first-order valence-electron chi connectivity index (χ1n) is 9.17. The molecule has 5 rings (SSSR count). The lowest BCUT2D eigenvalue weighted by Crippen LogP contribution is -2.20. The first-order valence-corrected chi connectivity index (χ1v) is 10.3. The maximum atomic E-state index is 13.2. The Morgan fingerprint density at radius 3 is 2.69 bits per heavy atom.